The minimum atomic E-state index is -0.772. The molecule has 0 N–H and O–H groups in total. The zero-order valence-corrected chi connectivity index (χ0v) is 11.7. The van der Waals surface area contributed by atoms with Crippen molar-refractivity contribution >= 4 is 8.80 Å². The Balaban J connectivity index is 1.92. The lowest BCUT2D eigenvalue weighted by atomic mass is 10.1. The highest BCUT2D eigenvalue weighted by atomic mass is 28.3. The van der Waals surface area contributed by atoms with Crippen molar-refractivity contribution in [1.29, 1.82) is 0 Å². The van der Waals surface area contributed by atoms with Gasteiger partial charge in [0.25, 0.3) is 0 Å². The second-order valence-electron chi connectivity index (χ2n) is 4.90. The van der Waals surface area contributed by atoms with E-state index in [2.05, 4.69) is 43.9 Å². The van der Waals surface area contributed by atoms with E-state index in [0.717, 1.165) is 0 Å². The van der Waals surface area contributed by atoms with Crippen LogP contribution in [0.25, 0.3) is 0 Å². The molecule has 0 nitrogen and oxygen atoms in total. The summed E-state index contributed by atoms with van der Waals surface area (Å²) in [6.07, 6.45) is 18.2. The van der Waals surface area contributed by atoms with Gasteiger partial charge in [-0.3, -0.25) is 0 Å². The fourth-order valence-electron chi connectivity index (χ4n) is 2.48. The lowest BCUT2D eigenvalue weighted by Gasteiger charge is -2.12. The third-order valence-electron chi connectivity index (χ3n) is 3.70. The van der Waals surface area contributed by atoms with Crippen LogP contribution in [0.5, 0.6) is 0 Å². The van der Waals surface area contributed by atoms with Crippen LogP contribution in [0.2, 0.25) is 6.55 Å². The summed E-state index contributed by atoms with van der Waals surface area (Å²) in [7, 11) is -0.772. The van der Waals surface area contributed by atoms with Crippen LogP contribution < -0.4 is 0 Å². The molecule has 0 spiro atoms. The van der Waals surface area contributed by atoms with Crippen LogP contribution >= 0.6 is 0 Å². The maximum absolute atomic E-state index is 2.51. The van der Waals surface area contributed by atoms with Crippen molar-refractivity contribution in [3.63, 3.8) is 0 Å². The van der Waals surface area contributed by atoms with E-state index in [-0.39, 0.29) is 0 Å². The molecule has 0 saturated carbocycles. The first kappa shape index (κ1) is 11.7. The molecular formula is C15H22Si. The van der Waals surface area contributed by atoms with Crippen molar-refractivity contribution in [2.75, 3.05) is 0 Å². The molecule has 2 rings (SSSR count). The Labute approximate surface area is 101 Å². The molecule has 1 unspecified atom stereocenters. The molecule has 0 aromatic carbocycles. The topological polar surface area (TPSA) is 0 Å². The SMILES string of the molecule is CCCCC1=CCC([SiH](C)C2=CC=CC2)=C1. The van der Waals surface area contributed by atoms with E-state index in [9.17, 15) is 0 Å². The predicted molar refractivity (Wildman–Crippen MR) is 75.2 cm³/mol. The molecule has 0 amide bonds. The smallest absolute Gasteiger partial charge is 0.0809 e. The van der Waals surface area contributed by atoms with Crippen LogP contribution in [-0.2, 0) is 0 Å². The third kappa shape index (κ3) is 2.65. The van der Waals surface area contributed by atoms with E-state index >= 15 is 0 Å². The maximum Gasteiger partial charge on any atom is 0.0903 e. The highest BCUT2D eigenvalue weighted by molar-refractivity contribution is 6.73. The first-order chi connectivity index (χ1) is 7.81. The fraction of sp³-hybridized carbons (Fsp3) is 0.467. The van der Waals surface area contributed by atoms with Gasteiger partial charge in [-0.25, -0.2) is 0 Å². The molecule has 0 aliphatic heterocycles. The predicted octanol–water partition coefficient (Wildman–Crippen LogP) is 4.25. The summed E-state index contributed by atoms with van der Waals surface area (Å²) < 4.78 is 0. The zero-order valence-electron chi connectivity index (χ0n) is 10.5. The van der Waals surface area contributed by atoms with E-state index in [1.54, 1.807) is 16.0 Å². The van der Waals surface area contributed by atoms with Gasteiger partial charge >= 0.3 is 0 Å². The average molecular weight is 230 g/mol. The molecule has 2 aliphatic rings. The van der Waals surface area contributed by atoms with Gasteiger partial charge in [-0.1, -0.05) is 66.2 Å². The van der Waals surface area contributed by atoms with Gasteiger partial charge in [-0.2, -0.15) is 0 Å². The van der Waals surface area contributed by atoms with Crippen molar-refractivity contribution in [1.82, 2.24) is 0 Å². The van der Waals surface area contributed by atoms with Gasteiger partial charge in [0.1, 0.15) is 0 Å². The van der Waals surface area contributed by atoms with E-state index < -0.39 is 8.80 Å². The summed E-state index contributed by atoms with van der Waals surface area (Å²) in [5, 5.41) is 3.47. The Morgan fingerprint density at radius 2 is 2.12 bits per heavy atom. The van der Waals surface area contributed by atoms with Gasteiger partial charge in [0.05, 0.1) is 8.80 Å². The van der Waals surface area contributed by atoms with Crippen LogP contribution in [0.3, 0.4) is 0 Å². The molecule has 1 atom stereocenters. The van der Waals surface area contributed by atoms with Gasteiger partial charge < -0.3 is 0 Å². The van der Waals surface area contributed by atoms with Crippen molar-refractivity contribution in [3.05, 3.63) is 46.3 Å². The molecule has 16 heavy (non-hydrogen) atoms. The maximum atomic E-state index is 2.51. The van der Waals surface area contributed by atoms with Crippen LogP contribution in [-0.4, -0.2) is 8.80 Å². The monoisotopic (exact) mass is 230 g/mol. The molecule has 86 valence electrons. The Morgan fingerprint density at radius 1 is 1.25 bits per heavy atom. The van der Waals surface area contributed by atoms with Gasteiger partial charge in [-0.15, -0.1) is 0 Å². The Morgan fingerprint density at radius 3 is 2.81 bits per heavy atom. The second kappa shape index (κ2) is 5.49. The normalized spacial score (nSPS) is 20.8. The molecule has 0 aromatic heterocycles. The van der Waals surface area contributed by atoms with Crippen molar-refractivity contribution in [2.45, 2.75) is 45.6 Å². The zero-order chi connectivity index (χ0) is 11.4. The average Bonchev–Trinajstić information content (AvgIpc) is 2.96. The molecule has 0 aromatic rings. The van der Waals surface area contributed by atoms with Crippen molar-refractivity contribution in [3.8, 4) is 0 Å². The summed E-state index contributed by atoms with van der Waals surface area (Å²) in [5.74, 6) is 0. The highest BCUT2D eigenvalue weighted by Crippen LogP contribution is 2.28. The van der Waals surface area contributed by atoms with Gasteiger partial charge in [0.15, 0.2) is 0 Å². The Bertz CT molecular complexity index is 369. The minimum absolute atomic E-state index is 0.772. The number of unbranched alkanes of at least 4 members (excludes halogenated alkanes) is 1. The van der Waals surface area contributed by atoms with Crippen molar-refractivity contribution in [2.24, 2.45) is 0 Å². The quantitative estimate of drug-likeness (QED) is 0.619. The molecule has 0 saturated heterocycles. The van der Waals surface area contributed by atoms with Gasteiger partial charge in [0.2, 0.25) is 0 Å². The highest BCUT2D eigenvalue weighted by Gasteiger charge is 2.18. The summed E-state index contributed by atoms with van der Waals surface area (Å²) in [5.41, 5.74) is 1.60. The largest absolute Gasteiger partial charge is 0.0903 e. The second-order valence-corrected chi connectivity index (χ2v) is 7.83. The van der Waals surface area contributed by atoms with Gasteiger partial charge in [-0.05, 0) is 25.7 Å². The number of rotatable bonds is 5. The molecule has 0 radical (unpaired) electrons. The first-order valence-electron chi connectivity index (χ1n) is 6.56. The molecule has 0 bridgehead atoms. The minimum Gasteiger partial charge on any atom is -0.0809 e. The van der Waals surface area contributed by atoms with E-state index in [1.165, 1.54) is 32.1 Å². The van der Waals surface area contributed by atoms with E-state index in [4.69, 9.17) is 0 Å². The fourth-order valence-corrected chi connectivity index (χ4v) is 4.79. The molecule has 1 heteroatoms. The summed E-state index contributed by atoms with van der Waals surface area (Å²) in [6.45, 7) is 4.76. The Hall–Kier alpha value is -0.823. The van der Waals surface area contributed by atoms with E-state index in [0.29, 0.717) is 0 Å². The standard InChI is InChI=1S/C15H22Si/c1-3-4-7-13-10-11-15(12-13)16(2)14-8-5-6-9-14/h5-6,8,10,12,16H,3-4,7,9,11H2,1-2H3. The molecule has 2 aliphatic carbocycles. The van der Waals surface area contributed by atoms with Crippen LogP contribution in [0.4, 0.5) is 0 Å². The molecule has 0 heterocycles. The van der Waals surface area contributed by atoms with Crippen LogP contribution in [0.1, 0.15) is 39.0 Å². The first-order valence-corrected chi connectivity index (χ1v) is 8.87. The lowest BCUT2D eigenvalue weighted by molar-refractivity contribution is 0.798. The molecule has 0 fully saturated rings. The lowest BCUT2D eigenvalue weighted by Crippen LogP contribution is -2.13. The Kier molecular flexibility index (Phi) is 4.00. The van der Waals surface area contributed by atoms with E-state index in [1.807, 2.05) is 0 Å². The van der Waals surface area contributed by atoms with Crippen LogP contribution in [0.15, 0.2) is 46.3 Å². The molecular weight excluding hydrogens is 208 g/mol. The number of hydrogen-bond donors (Lipinski definition) is 0. The number of hydrogen-bond acceptors (Lipinski definition) is 0. The van der Waals surface area contributed by atoms with Crippen LogP contribution in [0, 0.1) is 0 Å². The summed E-state index contributed by atoms with van der Waals surface area (Å²) in [6, 6.07) is 0. The van der Waals surface area contributed by atoms with Crippen molar-refractivity contribution < 1.29 is 0 Å². The van der Waals surface area contributed by atoms with Gasteiger partial charge in [0, 0.05) is 0 Å². The summed E-state index contributed by atoms with van der Waals surface area (Å²) in [4.78, 5) is 0. The third-order valence-corrected chi connectivity index (χ3v) is 6.76. The number of allylic oxidation sites excluding steroid dienone is 8. The summed E-state index contributed by atoms with van der Waals surface area (Å²) >= 11 is 0.